The summed E-state index contributed by atoms with van der Waals surface area (Å²) in [6, 6.07) is 7.77. The van der Waals surface area contributed by atoms with Gasteiger partial charge in [-0.3, -0.25) is 9.36 Å². The lowest BCUT2D eigenvalue weighted by Gasteiger charge is -2.23. The number of nitrogens with zero attached hydrogens (tertiary/aromatic N) is 2. The summed E-state index contributed by atoms with van der Waals surface area (Å²) in [6.45, 7) is 3.06. The Morgan fingerprint density at radius 3 is 2.75 bits per heavy atom. The average molecular weight is 345 g/mol. The van der Waals surface area contributed by atoms with Crippen molar-refractivity contribution in [3.63, 3.8) is 0 Å². The van der Waals surface area contributed by atoms with Gasteiger partial charge in [0.1, 0.15) is 0 Å². The van der Waals surface area contributed by atoms with Crippen molar-refractivity contribution in [3.8, 4) is 0 Å². The van der Waals surface area contributed by atoms with Crippen LogP contribution in [0.3, 0.4) is 0 Å². The molecule has 0 N–H and O–H groups in total. The van der Waals surface area contributed by atoms with Crippen LogP contribution in [0.15, 0.2) is 34.2 Å². The van der Waals surface area contributed by atoms with Gasteiger partial charge in [-0.2, -0.15) is 0 Å². The highest BCUT2D eigenvalue weighted by atomic mass is 32.2. The maximum Gasteiger partial charge on any atom is 0.262 e. The van der Waals surface area contributed by atoms with Crippen LogP contribution in [0, 0.1) is 5.92 Å². The van der Waals surface area contributed by atoms with Gasteiger partial charge in [0.25, 0.3) is 5.56 Å². The van der Waals surface area contributed by atoms with Crippen LogP contribution in [-0.2, 0) is 6.54 Å². The van der Waals surface area contributed by atoms with Crippen LogP contribution in [0.4, 0.5) is 0 Å². The number of hydrogen-bond acceptors (Lipinski definition) is 3. The molecular formula is C20H28N2OS. The second-order valence-corrected chi connectivity index (χ2v) is 7.95. The first-order valence-corrected chi connectivity index (χ1v) is 10.4. The van der Waals surface area contributed by atoms with Gasteiger partial charge in [0.05, 0.1) is 10.9 Å². The lowest BCUT2D eigenvalue weighted by atomic mass is 9.89. The second-order valence-electron chi connectivity index (χ2n) is 6.89. The zero-order valence-electron chi connectivity index (χ0n) is 14.7. The Balaban J connectivity index is 1.89. The maximum absolute atomic E-state index is 13.0. The highest BCUT2D eigenvalue weighted by molar-refractivity contribution is 7.99. The first-order valence-electron chi connectivity index (χ1n) is 9.42. The van der Waals surface area contributed by atoms with E-state index in [-0.39, 0.29) is 5.56 Å². The van der Waals surface area contributed by atoms with Crippen molar-refractivity contribution in [2.24, 2.45) is 5.92 Å². The summed E-state index contributed by atoms with van der Waals surface area (Å²) >= 11 is 1.76. The molecule has 130 valence electrons. The fraction of sp³-hybridized carbons (Fsp3) is 0.600. The van der Waals surface area contributed by atoms with Crippen molar-refractivity contribution in [2.45, 2.75) is 70.0 Å². The Kier molecular flexibility index (Phi) is 6.36. The summed E-state index contributed by atoms with van der Waals surface area (Å²) in [5.41, 5.74) is 0.976. The normalized spacial score (nSPS) is 15.9. The van der Waals surface area contributed by atoms with E-state index in [1.165, 1.54) is 51.4 Å². The zero-order valence-corrected chi connectivity index (χ0v) is 15.5. The van der Waals surface area contributed by atoms with Gasteiger partial charge in [-0.1, -0.05) is 62.9 Å². The highest BCUT2D eigenvalue weighted by Gasteiger charge is 2.18. The molecule has 1 saturated carbocycles. The van der Waals surface area contributed by atoms with Gasteiger partial charge in [0.15, 0.2) is 5.16 Å². The van der Waals surface area contributed by atoms with Gasteiger partial charge < -0.3 is 0 Å². The van der Waals surface area contributed by atoms with Gasteiger partial charge in [0.2, 0.25) is 0 Å². The van der Waals surface area contributed by atoms with Crippen LogP contribution in [0.1, 0.15) is 58.3 Å². The number of hydrogen-bond donors (Lipinski definition) is 0. The fourth-order valence-electron chi connectivity index (χ4n) is 3.56. The van der Waals surface area contributed by atoms with Crippen molar-refractivity contribution < 1.29 is 0 Å². The van der Waals surface area contributed by atoms with Crippen LogP contribution >= 0.6 is 11.8 Å². The van der Waals surface area contributed by atoms with Crippen LogP contribution in [-0.4, -0.2) is 15.3 Å². The van der Waals surface area contributed by atoms with Crippen LogP contribution < -0.4 is 5.56 Å². The lowest BCUT2D eigenvalue weighted by molar-refractivity contribution is 0.306. The number of thioether (sulfide) groups is 1. The number of rotatable bonds is 7. The molecule has 4 heteroatoms. The molecule has 0 spiro atoms. The molecule has 0 amide bonds. The minimum atomic E-state index is 0.143. The molecule has 1 aromatic carbocycles. The molecule has 1 aliphatic carbocycles. The molecular weight excluding hydrogens is 316 g/mol. The van der Waals surface area contributed by atoms with Gasteiger partial charge in [-0.15, -0.1) is 0 Å². The van der Waals surface area contributed by atoms with E-state index in [2.05, 4.69) is 6.92 Å². The van der Waals surface area contributed by atoms with E-state index in [0.29, 0.717) is 5.92 Å². The average Bonchev–Trinajstić information content (AvgIpc) is 2.62. The monoisotopic (exact) mass is 344 g/mol. The third-order valence-corrected chi connectivity index (χ3v) is 6.03. The quantitative estimate of drug-likeness (QED) is 0.390. The minimum Gasteiger partial charge on any atom is -0.287 e. The predicted molar refractivity (Wildman–Crippen MR) is 103 cm³/mol. The second kappa shape index (κ2) is 8.70. The van der Waals surface area contributed by atoms with Crippen molar-refractivity contribution >= 4 is 22.7 Å². The molecule has 1 aromatic heterocycles. The smallest absolute Gasteiger partial charge is 0.262 e. The van der Waals surface area contributed by atoms with Gasteiger partial charge in [0, 0.05) is 12.3 Å². The molecule has 0 saturated heterocycles. The Bertz CT molecular complexity index is 719. The van der Waals surface area contributed by atoms with Crippen LogP contribution in [0.2, 0.25) is 0 Å². The van der Waals surface area contributed by atoms with E-state index in [1.807, 2.05) is 28.8 Å². The van der Waals surface area contributed by atoms with Gasteiger partial charge >= 0.3 is 0 Å². The lowest BCUT2D eigenvalue weighted by Crippen LogP contribution is -2.27. The Hall–Kier alpha value is -1.29. The third-order valence-electron chi connectivity index (χ3n) is 4.97. The van der Waals surface area contributed by atoms with E-state index in [1.54, 1.807) is 11.8 Å². The first-order chi connectivity index (χ1) is 11.8. The van der Waals surface area contributed by atoms with Gasteiger partial charge in [-0.05, 0) is 37.3 Å². The van der Waals surface area contributed by atoms with Crippen LogP contribution in [0.25, 0.3) is 10.9 Å². The fourth-order valence-corrected chi connectivity index (χ4v) is 4.57. The Morgan fingerprint density at radius 1 is 1.17 bits per heavy atom. The number of fused-ring (bicyclic) bond motifs is 1. The molecule has 0 radical (unpaired) electrons. The molecule has 1 heterocycles. The van der Waals surface area contributed by atoms with E-state index >= 15 is 0 Å². The zero-order chi connectivity index (χ0) is 16.8. The summed E-state index contributed by atoms with van der Waals surface area (Å²) in [5.74, 6) is 1.68. The topological polar surface area (TPSA) is 34.9 Å². The summed E-state index contributed by atoms with van der Waals surface area (Å²) in [4.78, 5) is 17.8. The first kappa shape index (κ1) is 17.5. The number of unbranched alkanes of at least 4 members (excludes halogenated alkanes) is 2. The van der Waals surface area contributed by atoms with Gasteiger partial charge in [-0.25, -0.2) is 4.98 Å². The molecule has 1 aliphatic rings. The number of benzene rings is 1. The summed E-state index contributed by atoms with van der Waals surface area (Å²) in [7, 11) is 0. The Morgan fingerprint density at radius 2 is 1.96 bits per heavy atom. The van der Waals surface area contributed by atoms with E-state index in [9.17, 15) is 4.79 Å². The molecule has 0 unspecified atom stereocenters. The molecule has 0 atom stereocenters. The Labute approximate surface area is 148 Å². The molecule has 3 rings (SSSR count). The minimum absolute atomic E-state index is 0.143. The van der Waals surface area contributed by atoms with E-state index in [0.717, 1.165) is 28.4 Å². The van der Waals surface area contributed by atoms with E-state index < -0.39 is 0 Å². The standard InChI is InChI=1S/C20H28N2OS/c1-2-3-9-14-24-20-21-18-13-8-7-12-17(18)19(23)22(20)15-16-10-5-4-6-11-16/h7-8,12-13,16H,2-6,9-11,14-15H2,1H3. The van der Waals surface area contributed by atoms with E-state index in [4.69, 9.17) is 4.98 Å². The molecule has 24 heavy (non-hydrogen) atoms. The van der Waals surface area contributed by atoms with Crippen molar-refractivity contribution in [2.75, 3.05) is 5.75 Å². The predicted octanol–water partition coefficient (Wildman–Crippen LogP) is 5.26. The summed E-state index contributed by atoms with van der Waals surface area (Å²) < 4.78 is 1.97. The number of aromatic nitrogens is 2. The highest BCUT2D eigenvalue weighted by Crippen LogP contribution is 2.27. The summed E-state index contributed by atoms with van der Waals surface area (Å²) in [6.07, 6.45) is 10.1. The molecule has 3 nitrogen and oxygen atoms in total. The van der Waals surface area contributed by atoms with Crippen molar-refractivity contribution in [1.29, 1.82) is 0 Å². The molecule has 1 fully saturated rings. The SMILES string of the molecule is CCCCCSc1nc2ccccc2c(=O)n1CC1CCCCC1. The molecule has 2 aromatic rings. The summed E-state index contributed by atoms with van der Waals surface area (Å²) in [5, 5.41) is 1.67. The molecule has 0 bridgehead atoms. The molecule has 0 aliphatic heterocycles. The van der Waals surface area contributed by atoms with Crippen molar-refractivity contribution in [3.05, 3.63) is 34.6 Å². The van der Waals surface area contributed by atoms with Crippen molar-refractivity contribution in [1.82, 2.24) is 9.55 Å². The number of para-hydroxylation sites is 1. The largest absolute Gasteiger partial charge is 0.287 e. The third kappa shape index (κ3) is 4.21. The maximum atomic E-state index is 13.0. The van der Waals surface area contributed by atoms with Crippen LogP contribution in [0.5, 0.6) is 0 Å².